The van der Waals surface area contributed by atoms with Crippen molar-refractivity contribution >= 4 is 28.2 Å². The van der Waals surface area contributed by atoms with E-state index in [4.69, 9.17) is 4.74 Å². The number of anilines is 1. The predicted octanol–water partition coefficient (Wildman–Crippen LogP) is 2.62. The Morgan fingerprint density at radius 3 is 2.89 bits per heavy atom. The van der Waals surface area contributed by atoms with Crippen molar-refractivity contribution in [1.82, 2.24) is 19.9 Å². The number of carbonyl (C=O) groups is 2. The Hall–Kier alpha value is -2.46. The highest BCUT2D eigenvalue weighted by atomic mass is 32.1. The molecule has 1 saturated heterocycles. The molecule has 0 bridgehead atoms. The lowest BCUT2D eigenvalue weighted by molar-refractivity contribution is -0.114. The Balaban J connectivity index is 1.76. The first-order valence-corrected chi connectivity index (χ1v) is 9.28. The highest BCUT2D eigenvalue weighted by Crippen LogP contribution is 2.34. The summed E-state index contributed by atoms with van der Waals surface area (Å²) in [5, 5.41) is 2.73. The van der Waals surface area contributed by atoms with Crippen LogP contribution in [0.2, 0.25) is 0 Å². The molecule has 0 aromatic carbocycles. The molecule has 2 aromatic rings. The van der Waals surface area contributed by atoms with Gasteiger partial charge in [-0.05, 0) is 13.3 Å². The van der Waals surface area contributed by atoms with Crippen molar-refractivity contribution in [2.24, 2.45) is 0 Å². The quantitative estimate of drug-likeness (QED) is 0.754. The van der Waals surface area contributed by atoms with Crippen molar-refractivity contribution in [2.45, 2.75) is 45.9 Å². The molecule has 0 aliphatic carbocycles. The van der Waals surface area contributed by atoms with E-state index in [0.717, 1.165) is 24.2 Å². The third kappa shape index (κ3) is 4.45. The van der Waals surface area contributed by atoms with Gasteiger partial charge in [-0.15, -0.1) is 0 Å². The van der Waals surface area contributed by atoms with Crippen molar-refractivity contribution in [3.8, 4) is 5.88 Å². The van der Waals surface area contributed by atoms with Gasteiger partial charge >= 0.3 is 0 Å². The first kappa shape index (κ1) is 19.3. The fraction of sp³-hybridized carbons (Fsp3) is 0.471. The zero-order valence-corrected chi connectivity index (χ0v) is 16.1. The van der Waals surface area contributed by atoms with Crippen LogP contribution in [0.1, 0.15) is 49.0 Å². The van der Waals surface area contributed by atoms with E-state index in [2.05, 4.69) is 20.3 Å². The summed E-state index contributed by atoms with van der Waals surface area (Å²) >= 11 is 1.10. The minimum atomic E-state index is -0.701. The number of likely N-dealkylation sites (tertiary alicyclic amines) is 1. The van der Waals surface area contributed by atoms with Crippen LogP contribution in [0.5, 0.6) is 5.88 Å². The molecule has 1 N–H and O–H groups in total. The summed E-state index contributed by atoms with van der Waals surface area (Å²) in [7, 11) is 0. The van der Waals surface area contributed by atoms with Crippen LogP contribution in [0.4, 0.5) is 9.52 Å². The Kier molecular flexibility index (Phi) is 5.47. The molecule has 10 heteroatoms. The number of hydrogen-bond acceptors (Lipinski definition) is 8. The number of nitrogens with zero attached hydrogens (tertiary/aromatic N) is 4. The molecule has 0 saturated carbocycles. The fourth-order valence-corrected chi connectivity index (χ4v) is 3.88. The Labute approximate surface area is 159 Å². The Bertz CT molecular complexity index is 874. The monoisotopic (exact) mass is 393 g/mol. The van der Waals surface area contributed by atoms with Crippen LogP contribution in [0.25, 0.3) is 0 Å². The number of halogens is 1. The molecule has 8 nitrogen and oxygen atoms in total. The van der Waals surface area contributed by atoms with Crippen molar-refractivity contribution in [1.29, 1.82) is 0 Å². The highest BCUT2D eigenvalue weighted by molar-refractivity contribution is 7.15. The van der Waals surface area contributed by atoms with Gasteiger partial charge in [0.25, 0.3) is 0 Å². The zero-order valence-electron chi connectivity index (χ0n) is 15.3. The second-order valence-electron chi connectivity index (χ2n) is 6.51. The van der Waals surface area contributed by atoms with E-state index in [0.29, 0.717) is 23.8 Å². The number of nitrogens with one attached hydrogen (secondary N) is 1. The van der Waals surface area contributed by atoms with Crippen LogP contribution in [0, 0.1) is 5.95 Å². The first-order chi connectivity index (χ1) is 12.8. The third-order valence-corrected chi connectivity index (χ3v) is 5.26. The highest BCUT2D eigenvalue weighted by Gasteiger charge is 2.40. The summed E-state index contributed by atoms with van der Waals surface area (Å²) in [5.74, 6) is -0.769. The molecular formula is C17H20FN5O3S. The first-order valence-electron chi connectivity index (χ1n) is 8.47. The number of amides is 1. The minimum Gasteiger partial charge on any atom is -0.456 e. The standard InChI is InChI=1S/C17H20FN5O3S/c1-10(24)12-7-14(20-9-19-12)26-17(3)5-4-6-23(17)8-13-15(18)22-16(27-13)21-11(2)25/h7,9H,4-6,8H2,1-3H3,(H,21,22,25)/t17-/m0/s1. The lowest BCUT2D eigenvalue weighted by Gasteiger charge is -2.34. The zero-order chi connectivity index (χ0) is 19.6. The van der Waals surface area contributed by atoms with Crippen molar-refractivity contribution in [3.05, 3.63) is 28.9 Å². The van der Waals surface area contributed by atoms with Crippen molar-refractivity contribution in [3.63, 3.8) is 0 Å². The summed E-state index contributed by atoms with van der Waals surface area (Å²) < 4.78 is 20.2. The van der Waals surface area contributed by atoms with Gasteiger partial charge in [-0.2, -0.15) is 9.37 Å². The van der Waals surface area contributed by atoms with Gasteiger partial charge in [-0.1, -0.05) is 11.3 Å². The number of rotatable bonds is 6. The predicted molar refractivity (Wildman–Crippen MR) is 97.1 cm³/mol. The second-order valence-corrected chi connectivity index (χ2v) is 7.60. The molecular weight excluding hydrogens is 373 g/mol. The Morgan fingerprint density at radius 2 is 2.19 bits per heavy atom. The van der Waals surface area contributed by atoms with Gasteiger partial charge in [0.1, 0.15) is 12.0 Å². The number of ether oxygens (including phenoxy) is 1. The summed E-state index contributed by atoms with van der Waals surface area (Å²) in [6.07, 6.45) is 2.89. The molecule has 3 heterocycles. The summed E-state index contributed by atoms with van der Waals surface area (Å²) in [5.41, 5.74) is -0.422. The van der Waals surface area contributed by atoms with E-state index in [-0.39, 0.29) is 22.5 Å². The average molecular weight is 393 g/mol. The molecule has 1 fully saturated rings. The average Bonchev–Trinajstić information content (AvgIpc) is 3.10. The van der Waals surface area contributed by atoms with Gasteiger partial charge in [-0.25, -0.2) is 9.97 Å². The lowest BCUT2D eigenvalue weighted by atomic mass is 10.2. The van der Waals surface area contributed by atoms with Gasteiger partial charge in [0, 0.05) is 39.4 Å². The number of Topliss-reactive ketones (excluding diaryl/α,β-unsaturated/α-hetero) is 1. The van der Waals surface area contributed by atoms with Crippen LogP contribution < -0.4 is 10.1 Å². The molecule has 1 aliphatic rings. The number of hydrogen-bond donors (Lipinski definition) is 1. The SMILES string of the molecule is CC(=O)Nc1nc(F)c(CN2CCC[C@]2(C)Oc2cc(C(C)=O)ncn2)s1. The van der Waals surface area contributed by atoms with Gasteiger partial charge in [0.05, 0.1) is 4.88 Å². The molecule has 1 amide bonds. The van der Waals surface area contributed by atoms with E-state index in [1.807, 2.05) is 11.8 Å². The normalized spacial score (nSPS) is 19.9. The molecule has 3 rings (SSSR count). The molecule has 0 spiro atoms. The lowest BCUT2D eigenvalue weighted by Crippen LogP contribution is -2.45. The fourth-order valence-electron chi connectivity index (χ4n) is 2.98. The van der Waals surface area contributed by atoms with Crippen LogP contribution >= 0.6 is 11.3 Å². The van der Waals surface area contributed by atoms with Crippen molar-refractivity contribution < 1.29 is 18.7 Å². The second kappa shape index (κ2) is 7.65. The van der Waals surface area contributed by atoms with Gasteiger partial charge < -0.3 is 10.1 Å². The molecule has 2 aromatic heterocycles. The smallest absolute Gasteiger partial charge is 0.230 e. The Morgan fingerprint density at radius 1 is 1.41 bits per heavy atom. The maximum Gasteiger partial charge on any atom is 0.230 e. The van der Waals surface area contributed by atoms with Crippen LogP contribution in [-0.4, -0.2) is 43.8 Å². The van der Waals surface area contributed by atoms with Gasteiger partial charge in [0.15, 0.2) is 16.6 Å². The van der Waals surface area contributed by atoms with E-state index in [1.165, 1.54) is 26.2 Å². The topological polar surface area (TPSA) is 97.3 Å². The minimum absolute atomic E-state index is 0.173. The molecule has 27 heavy (non-hydrogen) atoms. The van der Waals surface area contributed by atoms with E-state index in [9.17, 15) is 14.0 Å². The maximum atomic E-state index is 14.2. The molecule has 1 atom stereocenters. The molecule has 0 radical (unpaired) electrons. The van der Waals surface area contributed by atoms with Crippen LogP contribution in [-0.2, 0) is 11.3 Å². The molecule has 1 aliphatic heterocycles. The van der Waals surface area contributed by atoms with Crippen LogP contribution in [0.15, 0.2) is 12.4 Å². The van der Waals surface area contributed by atoms with E-state index < -0.39 is 11.7 Å². The number of carbonyl (C=O) groups excluding carboxylic acids is 2. The third-order valence-electron chi connectivity index (χ3n) is 4.33. The van der Waals surface area contributed by atoms with E-state index >= 15 is 0 Å². The maximum absolute atomic E-state index is 14.2. The van der Waals surface area contributed by atoms with Crippen molar-refractivity contribution in [2.75, 3.05) is 11.9 Å². The number of thiazole rings is 1. The largest absolute Gasteiger partial charge is 0.456 e. The van der Waals surface area contributed by atoms with Gasteiger partial charge in [-0.3, -0.25) is 14.5 Å². The van der Waals surface area contributed by atoms with E-state index in [1.54, 1.807) is 0 Å². The summed E-state index contributed by atoms with van der Waals surface area (Å²) in [4.78, 5) is 36.8. The van der Waals surface area contributed by atoms with Crippen LogP contribution in [0.3, 0.4) is 0 Å². The van der Waals surface area contributed by atoms with Gasteiger partial charge in [0.2, 0.25) is 17.7 Å². The summed E-state index contributed by atoms with van der Waals surface area (Å²) in [6.45, 7) is 5.69. The summed E-state index contributed by atoms with van der Waals surface area (Å²) in [6, 6.07) is 1.51. The molecule has 0 unspecified atom stereocenters. The number of ketones is 1. The molecule has 144 valence electrons. The number of aromatic nitrogens is 3.